The van der Waals surface area contributed by atoms with Crippen LogP contribution in [0, 0.1) is 11.3 Å². The molecule has 1 saturated heterocycles. The second kappa shape index (κ2) is 7.18. The van der Waals surface area contributed by atoms with E-state index >= 15 is 0 Å². The van der Waals surface area contributed by atoms with Gasteiger partial charge in [0.25, 0.3) is 0 Å². The van der Waals surface area contributed by atoms with E-state index in [0.717, 1.165) is 18.7 Å². The minimum atomic E-state index is 0.0965. The molecule has 3 rings (SSSR count). The molecule has 1 fully saturated rings. The summed E-state index contributed by atoms with van der Waals surface area (Å²) >= 11 is 0. The van der Waals surface area contributed by atoms with Crippen molar-refractivity contribution in [2.75, 3.05) is 42.7 Å². The van der Waals surface area contributed by atoms with Crippen LogP contribution in [0.15, 0.2) is 24.3 Å². The standard InChI is InChI=1S/C18H21N7/c1-24(2)18-22-16(21-17(20)23-18)14(12-19)11-13-5-7-15(8-6-13)25-9-3-4-10-25/h5-8,11H,3-4,9-10H2,1-2H3,(H2,20,21,22,23)/b14-11+. The molecule has 1 aliphatic rings. The van der Waals surface area contributed by atoms with Crippen molar-refractivity contribution < 1.29 is 0 Å². The van der Waals surface area contributed by atoms with E-state index in [4.69, 9.17) is 5.73 Å². The Morgan fingerprint density at radius 3 is 2.44 bits per heavy atom. The third-order valence-corrected chi connectivity index (χ3v) is 4.08. The first-order valence-corrected chi connectivity index (χ1v) is 8.23. The van der Waals surface area contributed by atoms with E-state index in [1.165, 1.54) is 18.5 Å². The molecular formula is C18H21N7. The maximum atomic E-state index is 9.51. The highest BCUT2D eigenvalue weighted by Crippen LogP contribution is 2.22. The van der Waals surface area contributed by atoms with Gasteiger partial charge in [0, 0.05) is 32.9 Å². The van der Waals surface area contributed by atoms with Crippen molar-refractivity contribution in [1.82, 2.24) is 15.0 Å². The number of nitriles is 1. The highest BCUT2D eigenvalue weighted by molar-refractivity contribution is 5.87. The lowest BCUT2D eigenvalue weighted by Crippen LogP contribution is -2.17. The van der Waals surface area contributed by atoms with Crippen molar-refractivity contribution in [3.63, 3.8) is 0 Å². The van der Waals surface area contributed by atoms with Crippen molar-refractivity contribution in [2.24, 2.45) is 0 Å². The predicted octanol–water partition coefficient (Wildman–Crippen LogP) is 2.18. The quantitative estimate of drug-likeness (QED) is 0.856. The Kier molecular flexibility index (Phi) is 4.80. The number of benzene rings is 1. The second-order valence-corrected chi connectivity index (χ2v) is 6.17. The van der Waals surface area contributed by atoms with Crippen molar-refractivity contribution in [2.45, 2.75) is 12.8 Å². The van der Waals surface area contributed by atoms with Crippen LogP contribution < -0.4 is 15.5 Å². The van der Waals surface area contributed by atoms with Gasteiger partial charge in [-0.25, -0.2) is 0 Å². The molecule has 2 aromatic rings. The summed E-state index contributed by atoms with van der Waals surface area (Å²) in [6, 6.07) is 10.3. The zero-order valence-electron chi connectivity index (χ0n) is 14.5. The molecule has 0 radical (unpaired) electrons. The van der Waals surface area contributed by atoms with Gasteiger partial charge in [0.2, 0.25) is 11.9 Å². The molecule has 0 amide bonds. The van der Waals surface area contributed by atoms with Crippen LogP contribution in [0.2, 0.25) is 0 Å². The van der Waals surface area contributed by atoms with Crippen molar-refractivity contribution in [3.05, 3.63) is 35.7 Å². The van der Waals surface area contributed by atoms with Gasteiger partial charge in [0.1, 0.15) is 6.07 Å². The number of hydrogen-bond donors (Lipinski definition) is 1. The molecule has 128 valence electrons. The van der Waals surface area contributed by atoms with E-state index in [0.29, 0.717) is 11.5 Å². The molecule has 0 aliphatic carbocycles. The number of hydrogen-bond acceptors (Lipinski definition) is 7. The molecule has 2 heterocycles. The van der Waals surface area contributed by atoms with E-state index in [2.05, 4.69) is 38.1 Å². The number of anilines is 3. The highest BCUT2D eigenvalue weighted by atomic mass is 15.3. The lowest BCUT2D eigenvalue weighted by molar-refractivity contribution is 0.949. The summed E-state index contributed by atoms with van der Waals surface area (Å²) in [5.41, 5.74) is 8.23. The van der Waals surface area contributed by atoms with Crippen LogP contribution in [0.5, 0.6) is 0 Å². The number of allylic oxidation sites excluding steroid dienone is 1. The topological polar surface area (TPSA) is 95.0 Å². The molecule has 0 atom stereocenters. The van der Waals surface area contributed by atoms with Crippen LogP contribution in [0.1, 0.15) is 24.2 Å². The number of nitrogen functional groups attached to an aromatic ring is 1. The fourth-order valence-corrected chi connectivity index (χ4v) is 2.77. The molecule has 1 aromatic heterocycles. The summed E-state index contributed by atoms with van der Waals surface area (Å²) in [6.45, 7) is 2.21. The Balaban J connectivity index is 1.89. The third kappa shape index (κ3) is 3.86. The van der Waals surface area contributed by atoms with Gasteiger partial charge in [-0.05, 0) is 36.6 Å². The summed E-state index contributed by atoms with van der Waals surface area (Å²) < 4.78 is 0. The van der Waals surface area contributed by atoms with Gasteiger partial charge >= 0.3 is 0 Å². The first-order valence-electron chi connectivity index (χ1n) is 8.23. The number of aromatic nitrogens is 3. The zero-order chi connectivity index (χ0) is 17.8. The average Bonchev–Trinajstić information content (AvgIpc) is 3.14. The average molecular weight is 335 g/mol. The normalized spacial score (nSPS) is 14.4. The zero-order valence-corrected chi connectivity index (χ0v) is 14.5. The second-order valence-electron chi connectivity index (χ2n) is 6.17. The summed E-state index contributed by atoms with van der Waals surface area (Å²) in [7, 11) is 3.62. The Labute approximate surface area is 147 Å². The molecule has 0 unspecified atom stereocenters. The fraction of sp³-hybridized carbons (Fsp3) is 0.333. The molecule has 2 N–H and O–H groups in total. The van der Waals surface area contributed by atoms with Crippen molar-refractivity contribution in [3.8, 4) is 6.07 Å². The van der Waals surface area contributed by atoms with Gasteiger partial charge in [-0.3, -0.25) is 0 Å². The van der Waals surface area contributed by atoms with E-state index in [-0.39, 0.29) is 11.8 Å². The minimum Gasteiger partial charge on any atom is -0.372 e. The van der Waals surface area contributed by atoms with Crippen LogP contribution in [-0.2, 0) is 0 Å². The Hall–Kier alpha value is -3.14. The largest absolute Gasteiger partial charge is 0.372 e. The van der Waals surface area contributed by atoms with Gasteiger partial charge in [-0.15, -0.1) is 0 Å². The molecule has 0 bridgehead atoms. The van der Waals surface area contributed by atoms with Crippen LogP contribution in [0.4, 0.5) is 17.6 Å². The van der Waals surface area contributed by atoms with Crippen LogP contribution in [-0.4, -0.2) is 42.1 Å². The highest BCUT2D eigenvalue weighted by Gasteiger charge is 2.13. The van der Waals surface area contributed by atoms with E-state index in [1.807, 2.05) is 26.2 Å². The smallest absolute Gasteiger partial charge is 0.230 e. The molecule has 1 aromatic carbocycles. The van der Waals surface area contributed by atoms with Gasteiger partial charge in [0.15, 0.2) is 5.82 Å². The lowest BCUT2D eigenvalue weighted by Gasteiger charge is -2.17. The van der Waals surface area contributed by atoms with Crippen LogP contribution in [0.3, 0.4) is 0 Å². The summed E-state index contributed by atoms with van der Waals surface area (Å²) in [5.74, 6) is 0.801. The fourth-order valence-electron chi connectivity index (χ4n) is 2.77. The minimum absolute atomic E-state index is 0.0965. The number of rotatable bonds is 4. The maximum Gasteiger partial charge on any atom is 0.230 e. The lowest BCUT2D eigenvalue weighted by atomic mass is 10.1. The third-order valence-electron chi connectivity index (χ3n) is 4.08. The summed E-state index contributed by atoms with van der Waals surface area (Å²) in [5, 5.41) is 9.51. The SMILES string of the molecule is CN(C)c1nc(N)nc(/C(C#N)=C/c2ccc(N3CCCC3)cc2)n1. The van der Waals surface area contributed by atoms with Crippen molar-refractivity contribution in [1.29, 1.82) is 5.26 Å². The molecular weight excluding hydrogens is 314 g/mol. The van der Waals surface area contributed by atoms with Crippen LogP contribution >= 0.6 is 0 Å². The molecule has 25 heavy (non-hydrogen) atoms. The van der Waals surface area contributed by atoms with E-state index in [1.54, 1.807) is 11.0 Å². The van der Waals surface area contributed by atoms with Crippen LogP contribution in [0.25, 0.3) is 11.6 Å². The summed E-state index contributed by atoms with van der Waals surface area (Å²) in [6.07, 6.45) is 4.26. The molecule has 7 nitrogen and oxygen atoms in total. The number of nitrogens with two attached hydrogens (primary N) is 1. The first-order chi connectivity index (χ1) is 12.1. The monoisotopic (exact) mass is 335 g/mol. The first kappa shape index (κ1) is 16.7. The Bertz CT molecular complexity index is 812. The van der Waals surface area contributed by atoms with E-state index < -0.39 is 0 Å². The molecule has 7 heteroatoms. The van der Waals surface area contributed by atoms with Gasteiger partial charge in [-0.2, -0.15) is 20.2 Å². The Morgan fingerprint density at radius 2 is 1.84 bits per heavy atom. The van der Waals surface area contributed by atoms with Gasteiger partial charge in [0.05, 0.1) is 5.57 Å². The van der Waals surface area contributed by atoms with Gasteiger partial charge in [-0.1, -0.05) is 12.1 Å². The van der Waals surface area contributed by atoms with E-state index in [9.17, 15) is 5.26 Å². The molecule has 0 saturated carbocycles. The Morgan fingerprint density at radius 1 is 1.16 bits per heavy atom. The van der Waals surface area contributed by atoms with Crippen molar-refractivity contribution >= 4 is 29.2 Å². The maximum absolute atomic E-state index is 9.51. The number of nitrogens with zero attached hydrogens (tertiary/aromatic N) is 6. The summed E-state index contributed by atoms with van der Waals surface area (Å²) in [4.78, 5) is 16.5. The molecule has 1 aliphatic heterocycles. The van der Waals surface area contributed by atoms with Gasteiger partial charge < -0.3 is 15.5 Å². The predicted molar refractivity (Wildman–Crippen MR) is 99.9 cm³/mol. The molecule has 0 spiro atoms.